The molecule has 6 heteroatoms. The Hall–Kier alpha value is -1.02. The summed E-state index contributed by atoms with van der Waals surface area (Å²) in [6, 6.07) is 6.05. The summed E-state index contributed by atoms with van der Waals surface area (Å²) in [6.07, 6.45) is 4.27. The Morgan fingerprint density at radius 1 is 1.44 bits per heavy atom. The lowest BCUT2D eigenvalue weighted by Gasteiger charge is -2.03. The molecule has 0 saturated heterocycles. The summed E-state index contributed by atoms with van der Waals surface area (Å²) in [5.41, 5.74) is 6.76. The molecule has 0 unspecified atom stereocenters. The van der Waals surface area contributed by atoms with Gasteiger partial charge in [0.05, 0.1) is 19.1 Å². The van der Waals surface area contributed by atoms with E-state index in [4.69, 9.17) is 10.2 Å². The number of hydrogen-bond donors (Lipinski definition) is 2. The molecule has 0 fully saturated rings. The molecule has 0 aliphatic carbocycles. The van der Waals surface area contributed by atoms with Gasteiger partial charge in [-0.25, -0.2) is 4.99 Å². The first-order valence-electron chi connectivity index (χ1n) is 5.42. The van der Waals surface area contributed by atoms with Crippen LogP contribution in [-0.4, -0.2) is 12.5 Å². The lowest BCUT2D eigenvalue weighted by atomic mass is 10.3. The molecule has 0 radical (unpaired) electrons. The van der Waals surface area contributed by atoms with Crippen molar-refractivity contribution in [3.8, 4) is 0 Å². The molecule has 0 saturated carbocycles. The fourth-order valence-corrected chi connectivity index (χ4v) is 2.09. The van der Waals surface area contributed by atoms with E-state index < -0.39 is 0 Å². The van der Waals surface area contributed by atoms with Crippen LogP contribution in [0, 0.1) is 0 Å². The number of nitrogens with zero attached hydrogens (tertiary/aromatic N) is 1. The van der Waals surface area contributed by atoms with Crippen LogP contribution in [0.15, 0.2) is 45.5 Å². The maximum atomic E-state index is 5.74. The zero-order valence-corrected chi connectivity index (χ0v) is 13.0. The Morgan fingerprint density at radius 3 is 3.00 bits per heavy atom. The molecule has 0 spiro atoms. The number of thiophene rings is 1. The average Bonchev–Trinajstić information content (AvgIpc) is 2.99. The van der Waals surface area contributed by atoms with Gasteiger partial charge in [-0.1, -0.05) is 6.07 Å². The van der Waals surface area contributed by atoms with E-state index in [1.54, 1.807) is 23.9 Å². The molecule has 2 heterocycles. The second-order valence-corrected chi connectivity index (χ2v) is 4.62. The first kappa shape index (κ1) is 15.0. The van der Waals surface area contributed by atoms with E-state index in [9.17, 15) is 0 Å². The monoisotopic (exact) mass is 377 g/mol. The second kappa shape index (κ2) is 8.15. The SMILES string of the molecule is I.NC(=NCc1ccoc1)NCCc1cccs1. The molecule has 2 aromatic rings. The summed E-state index contributed by atoms with van der Waals surface area (Å²) < 4.78 is 4.95. The quantitative estimate of drug-likeness (QED) is 0.478. The predicted molar refractivity (Wildman–Crippen MR) is 85.5 cm³/mol. The smallest absolute Gasteiger partial charge is 0.188 e. The lowest BCUT2D eigenvalue weighted by molar-refractivity contribution is 0.564. The summed E-state index contributed by atoms with van der Waals surface area (Å²) in [4.78, 5) is 5.56. The Balaban J connectivity index is 0.00000162. The van der Waals surface area contributed by atoms with E-state index in [0.29, 0.717) is 12.5 Å². The highest BCUT2D eigenvalue weighted by molar-refractivity contribution is 14.0. The van der Waals surface area contributed by atoms with Gasteiger partial charge in [0.15, 0.2) is 5.96 Å². The Bertz CT molecular complexity index is 454. The van der Waals surface area contributed by atoms with Gasteiger partial charge in [-0.2, -0.15) is 0 Å². The summed E-state index contributed by atoms with van der Waals surface area (Å²) in [5.74, 6) is 0.475. The van der Waals surface area contributed by atoms with Crippen molar-refractivity contribution < 1.29 is 4.42 Å². The lowest BCUT2D eigenvalue weighted by Crippen LogP contribution is -2.33. The predicted octanol–water partition coefficient (Wildman–Crippen LogP) is 2.61. The fourth-order valence-electron chi connectivity index (χ4n) is 1.38. The highest BCUT2D eigenvalue weighted by atomic mass is 127. The molecule has 4 nitrogen and oxygen atoms in total. The molecule has 0 bridgehead atoms. The van der Waals surface area contributed by atoms with Crippen LogP contribution < -0.4 is 11.1 Å². The van der Waals surface area contributed by atoms with Crippen LogP contribution in [0.2, 0.25) is 0 Å². The minimum Gasteiger partial charge on any atom is -0.472 e. The molecule has 0 amide bonds. The summed E-state index contributed by atoms with van der Waals surface area (Å²) in [6.45, 7) is 1.36. The largest absolute Gasteiger partial charge is 0.472 e. The van der Waals surface area contributed by atoms with Crippen LogP contribution in [0.4, 0.5) is 0 Å². The van der Waals surface area contributed by atoms with E-state index in [1.807, 2.05) is 6.07 Å². The molecular weight excluding hydrogens is 361 g/mol. The third-order valence-corrected chi connectivity index (χ3v) is 3.21. The number of guanidine groups is 1. The van der Waals surface area contributed by atoms with Gasteiger partial charge in [0.25, 0.3) is 0 Å². The summed E-state index contributed by atoms with van der Waals surface area (Å²) in [5, 5.41) is 5.16. The third-order valence-electron chi connectivity index (χ3n) is 2.27. The Morgan fingerprint density at radius 2 is 2.33 bits per heavy atom. The third kappa shape index (κ3) is 5.09. The normalized spacial score (nSPS) is 11.0. The standard InChI is InChI=1S/C12H15N3OS.HI/c13-12(15-8-10-4-6-16-9-10)14-5-3-11-2-1-7-17-11;/h1-2,4,6-7,9H,3,5,8H2,(H3,13,14,15);1H. The number of hydrogen-bond acceptors (Lipinski definition) is 3. The van der Waals surface area contributed by atoms with Gasteiger partial charge in [0.2, 0.25) is 0 Å². The van der Waals surface area contributed by atoms with Crippen molar-refractivity contribution in [3.63, 3.8) is 0 Å². The van der Waals surface area contributed by atoms with Crippen molar-refractivity contribution >= 4 is 41.3 Å². The first-order chi connectivity index (χ1) is 8.34. The van der Waals surface area contributed by atoms with Crippen LogP contribution in [-0.2, 0) is 13.0 Å². The van der Waals surface area contributed by atoms with Gasteiger partial charge >= 0.3 is 0 Å². The average molecular weight is 377 g/mol. The number of aliphatic imine (C=N–C) groups is 1. The van der Waals surface area contributed by atoms with Gasteiger partial charge in [0, 0.05) is 17.0 Å². The van der Waals surface area contributed by atoms with Crippen molar-refractivity contribution in [2.75, 3.05) is 6.54 Å². The number of nitrogens with two attached hydrogens (primary N) is 1. The van der Waals surface area contributed by atoms with E-state index >= 15 is 0 Å². The van der Waals surface area contributed by atoms with Crippen molar-refractivity contribution in [1.29, 1.82) is 0 Å². The number of furan rings is 1. The van der Waals surface area contributed by atoms with Crippen molar-refractivity contribution in [1.82, 2.24) is 5.32 Å². The van der Waals surface area contributed by atoms with Gasteiger partial charge in [-0.3, -0.25) is 0 Å². The molecule has 98 valence electrons. The topological polar surface area (TPSA) is 63.5 Å². The zero-order valence-electron chi connectivity index (χ0n) is 9.83. The van der Waals surface area contributed by atoms with Crippen molar-refractivity contribution in [3.05, 3.63) is 46.5 Å². The molecule has 0 atom stereocenters. The molecule has 2 aromatic heterocycles. The van der Waals surface area contributed by atoms with Crippen molar-refractivity contribution in [2.24, 2.45) is 10.7 Å². The summed E-state index contributed by atoms with van der Waals surface area (Å²) in [7, 11) is 0. The van der Waals surface area contributed by atoms with E-state index in [2.05, 4.69) is 27.8 Å². The maximum Gasteiger partial charge on any atom is 0.188 e. The molecule has 0 aliphatic heterocycles. The minimum atomic E-state index is 0. The number of halogens is 1. The summed E-state index contributed by atoms with van der Waals surface area (Å²) >= 11 is 1.75. The van der Waals surface area contributed by atoms with Crippen LogP contribution in [0.5, 0.6) is 0 Å². The highest BCUT2D eigenvalue weighted by Crippen LogP contribution is 2.08. The Kier molecular flexibility index (Phi) is 6.81. The maximum absolute atomic E-state index is 5.74. The van der Waals surface area contributed by atoms with Gasteiger partial charge < -0.3 is 15.5 Å². The molecular formula is C12H16IN3OS. The van der Waals surface area contributed by atoms with Crippen LogP contribution in [0.25, 0.3) is 0 Å². The molecule has 0 aromatic carbocycles. The van der Waals surface area contributed by atoms with E-state index in [1.165, 1.54) is 4.88 Å². The van der Waals surface area contributed by atoms with E-state index in [0.717, 1.165) is 18.5 Å². The molecule has 2 rings (SSSR count). The Labute approximate surface area is 127 Å². The zero-order chi connectivity index (χ0) is 11.9. The second-order valence-electron chi connectivity index (χ2n) is 3.59. The highest BCUT2D eigenvalue weighted by Gasteiger charge is 1.96. The van der Waals surface area contributed by atoms with Gasteiger partial charge in [0.1, 0.15) is 0 Å². The number of nitrogens with one attached hydrogen (secondary N) is 1. The fraction of sp³-hybridized carbons (Fsp3) is 0.250. The van der Waals surface area contributed by atoms with Crippen LogP contribution in [0.3, 0.4) is 0 Å². The molecule has 0 aliphatic rings. The minimum absolute atomic E-state index is 0. The van der Waals surface area contributed by atoms with Crippen molar-refractivity contribution in [2.45, 2.75) is 13.0 Å². The first-order valence-corrected chi connectivity index (χ1v) is 6.30. The van der Waals surface area contributed by atoms with E-state index in [-0.39, 0.29) is 24.0 Å². The van der Waals surface area contributed by atoms with Gasteiger partial charge in [-0.05, 0) is 23.9 Å². The molecule has 3 N–H and O–H groups in total. The number of rotatable bonds is 5. The molecule has 18 heavy (non-hydrogen) atoms. The van der Waals surface area contributed by atoms with Gasteiger partial charge in [-0.15, -0.1) is 35.3 Å². The van der Waals surface area contributed by atoms with Crippen LogP contribution >= 0.6 is 35.3 Å². The van der Waals surface area contributed by atoms with Crippen LogP contribution in [0.1, 0.15) is 10.4 Å².